The molecule has 0 spiro atoms. The second-order valence-corrected chi connectivity index (χ2v) is 5.86. The van der Waals surface area contributed by atoms with Gasteiger partial charge in [0, 0.05) is 0 Å². The van der Waals surface area contributed by atoms with Crippen LogP contribution in [0.3, 0.4) is 0 Å². The fourth-order valence-corrected chi connectivity index (χ4v) is 3.02. The van der Waals surface area contributed by atoms with Crippen LogP contribution in [0.4, 0.5) is 0 Å². The zero-order chi connectivity index (χ0) is 11.1. The largest absolute Gasteiger partial charge is 1.00 e. The molecule has 0 rings (SSSR count). The van der Waals surface area contributed by atoms with Gasteiger partial charge in [-0.25, -0.2) is 25.3 Å². The molecule has 0 heterocycles. The van der Waals surface area contributed by atoms with E-state index in [1.165, 1.54) is 0 Å². The Labute approximate surface area is 220 Å². The maximum Gasteiger partial charge on any atom is 1.00 e. The Hall–Kier alpha value is 4.60. The molecule has 16 heavy (non-hydrogen) atoms. The first kappa shape index (κ1) is 28.7. The van der Waals surface area contributed by atoms with E-state index < -0.39 is 34.0 Å². The van der Waals surface area contributed by atoms with Crippen LogP contribution in [-0.2, 0) is 30.9 Å². The predicted octanol–water partition coefficient (Wildman–Crippen LogP) is -12.3. The number of hydrogen-bond acceptors (Lipinski definition) is 9. The van der Waals surface area contributed by atoms with E-state index in [0.29, 0.717) is 0 Å². The summed E-state index contributed by atoms with van der Waals surface area (Å²) in [6, 6.07) is 0. The zero-order valence-electron chi connectivity index (χ0n) is 8.35. The van der Waals surface area contributed by atoms with Gasteiger partial charge in [-0.1, -0.05) is 0 Å². The third kappa shape index (κ3) is 11.3. The molecule has 0 bridgehead atoms. The molecule has 0 aliphatic heterocycles. The van der Waals surface area contributed by atoms with E-state index in [0.717, 1.165) is 0 Å². The summed E-state index contributed by atoms with van der Waals surface area (Å²) in [7, 11) is -18.6. The van der Waals surface area contributed by atoms with E-state index in [2.05, 4.69) is 0 Å². The average Bonchev–Trinajstić information content (AvgIpc) is 1.44. The van der Waals surface area contributed by atoms with Gasteiger partial charge in [0.2, 0.25) is 0 Å². The van der Waals surface area contributed by atoms with Crippen LogP contribution in [-0.4, -0.2) is 42.0 Å². The monoisotopic (exact) mass is 371 g/mol. The summed E-state index contributed by atoms with van der Waals surface area (Å²) in [5, 5.41) is 0. The summed E-state index contributed by atoms with van der Waals surface area (Å²) >= 11 is 0. The van der Waals surface area contributed by atoms with Crippen LogP contribution in [0.5, 0.6) is 0 Å². The van der Waals surface area contributed by atoms with Gasteiger partial charge in [-0.05, 0) is 3.12 Å². The number of rotatable bonds is 3. The van der Waals surface area contributed by atoms with Gasteiger partial charge in [0.05, 0.1) is 0 Å². The van der Waals surface area contributed by atoms with Crippen molar-refractivity contribution >= 4 is 30.9 Å². The maximum atomic E-state index is 9.84. The Morgan fingerprint density at radius 2 is 0.688 bits per heavy atom. The molecule has 80 valence electrons. The fourth-order valence-electron chi connectivity index (χ4n) is 0.335. The van der Waals surface area contributed by atoms with E-state index >= 15 is 0 Å². The molecule has 0 aromatic rings. The molecule has 0 saturated heterocycles. The van der Waals surface area contributed by atoms with Crippen molar-refractivity contribution in [1.82, 2.24) is 3.12 Å². The van der Waals surface area contributed by atoms with Gasteiger partial charge in [0.15, 0.2) is 30.9 Å². The van der Waals surface area contributed by atoms with Crippen molar-refractivity contribution < 1.29 is 193 Å². The molecule has 0 amide bonds. The third-order valence-electron chi connectivity index (χ3n) is 0.548. The standard InChI is InChI=1S/3K.H3NO9S3/c;;;2-11(3,4)1(12(5,6)7)13(8,9)10/h;;;(H,2,3,4)(H,5,6,7)(H,8,9,10)/q3*+1;/p-3. The minimum atomic E-state index is -6.20. The normalized spacial score (nSPS) is 12.0. The number of nitrogens with zero attached hydrogens (tertiary/aromatic N) is 1. The van der Waals surface area contributed by atoms with Gasteiger partial charge in [0.1, 0.15) is 0 Å². The van der Waals surface area contributed by atoms with Gasteiger partial charge < -0.3 is 13.7 Å². The Balaban J connectivity index is -0.000000240. The quantitative estimate of drug-likeness (QED) is 0.344. The van der Waals surface area contributed by atoms with Gasteiger partial charge in [-0.15, -0.1) is 0 Å². The molecular formula is K3NO9S3. The summed E-state index contributed by atoms with van der Waals surface area (Å²) in [5.41, 5.74) is 0. The van der Waals surface area contributed by atoms with Crippen LogP contribution in [0.1, 0.15) is 0 Å². The van der Waals surface area contributed by atoms with Gasteiger partial charge in [0.25, 0.3) is 0 Å². The summed E-state index contributed by atoms with van der Waals surface area (Å²) < 4.78 is 86.3. The Kier molecular flexibility index (Phi) is 18.6. The van der Waals surface area contributed by atoms with Crippen LogP contribution in [0, 0.1) is 0 Å². The molecule has 0 fully saturated rings. The minimum Gasteiger partial charge on any atom is -0.734 e. The van der Waals surface area contributed by atoms with Gasteiger partial charge in [-0.3, -0.25) is 0 Å². The molecule has 0 aliphatic rings. The zero-order valence-corrected chi connectivity index (χ0v) is 20.2. The van der Waals surface area contributed by atoms with Crippen LogP contribution in [0.25, 0.3) is 0 Å². The summed E-state index contributed by atoms with van der Waals surface area (Å²) in [6.07, 6.45) is 0. The van der Waals surface area contributed by atoms with E-state index in [1.54, 1.807) is 0 Å². The van der Waals surface area contributed by atoms with Crippen molar-refractivity contribution in [3.8, 4) is 0 Å². The molecule has 0 aromatic carbocycles. The van der Waals surface area contributed by atoms with E-state index in [-0.39, 0.29) is 154 Å². The van der Waals surface area contributed by atoms with Crippen molar-refractivity contribution in [2.24, 2.45) is 0 Å². The summed E-state index contributed by atoms with van der Waals surface area (Å²) in [5.74, 6) is 0. The second kappa shape index (κ2) is 10.3. The average molecular weight is 371 g/mol. The van der Waals surface area contributed by atoms with E-state index in [1.807, 2.05) is 0 Å². The van der Waals surface area contributed by atoms with Crippen molar-refractivity contribution in [2.75, 3.05) is 0 Å². The van der Waals surface area contributed by atoms with Crippen LogP contribution in [0.15, 0.2) is 0 Å². The van der Waals surface area contributed by atoms with Crippen LogP contribution >= 0.6 is 0 Å². The fraction of sp³-hybridized carbons (Fsp3) is 0. The van der Waals surface area contributed by atoms with Crippen molar-refractivity contribution in [2.45, 2.75) is 0 Å². The Morgan fingerprint density at radius 1 is 0.562 bits per heavy atom. The van der Waals surface area contributed by atoms with Crippen molar-refractivity contribution in [1.29, 1.82) is 0 Å². The van der Waals surface area contributed by atoms with Gasteiger partial charge >= 0.3 is 154 Å². The molecule has 0 N–H and O–H groups in total. The predicted molar refractivity (Wildman–Crippen MR) is 30.9 cm³/mol. The van der Waals surface area contributed by atoms with E-state index in [4.69, 9.17) is 0 Å². The Bertz CT molecular complexity index is 408. The third-order valence-corrected chi connectivity index (χ3v) is 4.93. The van der Waals surface area contributed by atoms with Crippen molar-refractivity contribution in [3.05, 3.63) is 0 Å². The summed E-state index contributed by atoms with van der Waals surface area (Å²) in [4.78, 5) is 0. The SMILES string of the molecule is O=S(=O)([O-])N(S(=O)(=O)[O-])S(=O)(=O)[O-].[K+].[K+].[K+]. The van der Waals surface area contributed by atoms with Crippen molar-refractivity contribution in [3.63, 3.8) is 0 Å². The molecule has 0 atom stereocenters. The van der Waals surface area contributed by atoms with E-state index in [9.17, 15) is 38.9 Å². The first-order valence-corrected chi connectivity index (χ1v) is 6.14. The van der Waals surface area contributed by atoms with Crippen LogP contribution in [0.2, 0.25) is 0 Å². The molecule has 0 aromatic heterocycles. The topological polar surface area (TPSA) is 175 Å². The minimum absolute atomic E-state index is 0. The van der Waals surface area contributed by atoms with Crippen LogP contribution < -0.4 is 154 Å². The van der Waals surface area contributed by atoms with Gasteiger partial charge in [-0.2, -0.15) is 0 Å². The molecule has 0 unspecified atom stereocenters. The molecule has 10 nitrogen and oxygen atoms in total. The molecular weight excluding hydrogens is 371 g/mol. The smallest absolute Gasteiger partial charge is 0.734 e. The summed E-state index contributed by atoms with van der Waals surface area (Å²) in [6.45, 7) is 0. The number of hydrogen-bond donors (Lipinski definition) is 0. The maximum absolute atomic E-state index is 9.84. The molecule has 0 radical (unpaired) electrons. The molecule has 0 saturated carbocycles. The first-order valence-electron chi connectivity index (χ1n) is 2.05. The second-order valence-electron chi connectivity index (χ2n) is 1.51. The molecule has 0 aliphatic carbocycles. The first-order chi connectivity index (χ1) is 5.37. The Morgan fingerprint density at radius 3 is 0.688 bits per heavy atom. The molecule has 16 heteroatoms.